The molecule has 0 aromatic heterocycles. The number of hydrogen-bond donors (Lipinski definition) is 1. The number of hydrogen-bond acceptors (Lipinski definition) is 4. The fraction of sp³-hybridized carbons (Fsp3) is 0.316. The summed E-state index contributed by atoms with van der Waals surface area (Å²) in [7, 11) is 0. The molecule has 9 heteroatoms. The molecule has 5 nitrogen and oxygen atoms in total. The second-order valence-corrected chi connectivity index (χ2v) is 7.59. The number of thioether (sulfide) groups is 1. The highest BCUT2D eigenvalue weighted by Gasteiger charge is 2.40. The van der Waals surface area contributed by atoms with Crippen molar-refractivity contribution in [2.24, 2.45) is 0 Å². The second kappa shape index (κ2) is 7.83. The van der Waals surface area contributed by atoms with E-state index in [1.165, 1.54) is 0 Å². The van der Waals surface area contributed by atoms with Crippen LogP contribution >= 0.6 is 11.8 Å². The van der Waals surface area contributed by atoms with Gasteiger partial charge in [-0.15, -0.1) is 11.8 Å². The molecule has 0 saturated heterocycles. The summed E-state index contributed by atoms with van der Waals surface area (Å²) in [5.41, 5.74) is -1.19. The van der Waals surface area contributed by atoms with E-state index in [0.29, 0.717) is 6.07 Å². The molecule has 0 bridgehead atoms. The highest BCUT2D eigenvalue weighted by Crippen LogP contribution is 2.41. The van der Waals surface area contributed by atoms with Crippen molar-refractivity contribution in [1.29, 1.82) is 0 Å². The Morgan fingerprint density at radius 1 is 1.18 bits per heavy atom. The van der Waals surface area contributed by atoms with E-state index in [4.69, 9.17) is 0 Å². The van der Waals surface area contributed by atoms with Gasteiger partial charge in [0, 0.05) is 6.07 Å². The average Bonchev–Trinajstić information content (AvgIpc) is 2.62. The number of nitrogens with zero attached hydrogens (tertiary/aromatic N) is 1. The maximum atomic E-state index is 12.8. The topological polar surface area (TPSA) is 72.2 Å². The van der Waals surface area contributed by atoms with Gasteiger partial charge in [0.05, 0.1) is 26.7 Å². The number of nitro benzene ring substituents is 1. The van der Waals surface area contributed by atoms with Crippen LogP contribution in [0, 0.1) is 10.1 Å². The van der Waals surface area contributed by atoms with E-state index in [1.54, 1.807) is 0 Å². The van der Waals surface area contributed by atoms with Crippen LogP contribution in [-0.4, -0.2) is 16.6 Å². The second-order valence-electron chi connectivity index (χ2n) is 6.58. The molecule has 1 aliphatic carbocycles. The van der Waals surface area contributed by atoms with Gasteiger partial charge in [-0.05, 0) is 37.0 Å². The molecule has 0 atom stereocenters. The number of rotatable bonds is 6. The van der Waals surface area contributed by atoms with Crippen LogP contribution < -0.4 is 5.32 Å². The van der Waals surface area contributed by atoms with Gasteiger partial charge >= 0.3 is 6.18 Å². The summed E-state index contributed by atoms with van der Waals surface area (Å²) in [6, 6.07) is 11.9. The molecule has 0 radical (unpaired) electrons. The molecule has 28 heavy (non-hydrogen) atoms. The van der Waals surface area contributed by atoms with Gasteiger partial charge in [0.2, 0.25) is 5.91 Å². The monoisotopic (exact) mass is 410 g/mol. The minimum Gasteiger partial charge on any atom is -0.346 e. The normalized spacial score (nSPS) is 15.5. The molecule has 148 valence electrons. The number of amides is 1. The molecule has 0 heterocycles. The van der Waals surface area contributed by atoms with Crippen LogP contribution in [0.15, 0.2) is 53.4 Å². The highest BCUT2D eigenvalue weighted by atomic mass is 32.2. The third kappa shape index (κ3) is 4.30. The lowest BCUT2D eigenvalue weighted by Crippen LogP contribution is -2.51. The third-order valence-electron chi connectivity index (χ3n) is 4.75. The van der Waals surface area contributed by atoms with Crippen molar-refractivity contribution in [3.63, 3.8) is 0 Å². The molecular weight excluding hydrogens is 393 g/mol. The van der Waals surface area contributed by atoms with Gasteiger partial charge in [-0.3, -0.25) is 14.9 Å². The van der Waals surface area contributed by atoms with Crippen molar-refractivity contribution in [2.75, 3.05) is 5.75 Å². The first-order valence-corrected chi connectivity index (χ1v) is 9.55. The van der Waals surface area contributed by atoms with Crippen molar-refractivity contribution in [2.45, 2.75) is 35.9 Å². The quantitative estimate of drug-likeness (QED) is 0.418. The summed E-state index contributed by atoms with van der Waals surface area (Å²) in [5, 5.41) is 14.1. The van der Waals surface area contributed by atoms with Crippen LogP contribution in [-0.2, 0) is 16.5 Å². The lowest BCUT2D eigenvalue weighted by atomic mass is 9.72. The zero-order chi connectivity index (χ0) is 20.4. The number of benzene rings is 2. The molecule has 2 aromatic carbocycles. The summed E-state index contributed by atoms with van der Waals surface area (Å²) >= 11 is 0.852. The first-order valence-electron chi connectivity index (χ1n) is 8.56. The Hall–Kier alpha value is -2.55. The van der Waals surface area contributed by atoms with E-state index in [2.05, 4.69) is 5.32 Å². The van der Waals surface area contributed by atoms with Gasteiger partial charge < -0.3 is 5.32 Å². The summed E-state index contributed by atoms with van der Waals surface area (Å²) in [6.07, 6.45) is -2.09. The molecular formula is C19H17F3N2O3S. The minimum atomic E-state index is -4.67. The van der Waals surface area contributed by atoms with Crippen LogP contribution in [0.4, 0.5) is 18.9 Å². The minimum absolute atomic E-state index is 0.0236. The summed E-state index contributed by atoms with van der Waals surface area (Å²) in [6.45, 7) is 0. The number of carbonyl (C=O) groups excluding carboxylic acids is 1. The number of carbonyl (C=O) groups is 1. The van der Waals surface area contributed by atoms with Crippen molar-refractivity contribution < 1.29 is 22.9 Å². The van der Waals surface area contributed by atoms with E-state index in [0.717, 1.165) is 48.7 Å². The predicted molar refractivity (Wildman–Crippen MR) is 98.9 cm³/mol. The molecule has 1 aliphatic rings. The Morgan fingerprint density at radius 3 is 2.39 bits per heavy atom. The van der Waals surface area contributed by atoms with E-state index >= 15 is 0 Å². The number of nitro groups is 1. The summed E-state index contributed by atoms with van der Waals surface area (Å²) < 4.78 is 38.3. The van der Waals surface area contributed by atoms with Crippen LogP contribution in [0.5, 0.6) is 0 Å². The van der Waals surface area contributed by atoms with E-state index < -0.39 is 27.9 Å². The average molecular weight is 410 g/mol. The number of halogens is 3. The maximum absolute atomic E-state index is 12.8. The van der Waals surface area contributed by atoms with Crippen LogP contribution in [0.3, 0.4) is 0 Å². The van der Waals surface area contributed by atoms with Gasteiger partial charge in [0.25, 0.3) is 5.69 Å². The first-order chi connectivity index (χ1) is 13.2. The summed E-state index contributed by atoms with van der Waals surface area (Å²) in [4.78, 5) is 22.7. The van der Waals surface area contributed by atoms with Gasteiger partial charge in [0.15, 0.2) is 0 Å². The molecule has 3 rings (SSSR count). The highest BCUT2D eigenvalue weighted by molar-refractivity contribution is 8.00. The molecule has 0 spiro atoms. The van der Waals surface area contributed by atoms with Gasteiger partial charge in [-0.2, -0.15) is 13.2 Å². The fourth-order valence-electron chi connectivity index (χ4n) is 3.18. The molecule has 1 amide bonds. The Morgan fingerprint density at radius 2 is 1.86 bits per heavy atom. The van der Waals surface area contributed by atoms with Crippen molar-refractivity contribution in [3.8, 4) is 0 Å². The van der Waals surface area contributed by atoms with E-state index in [9.17, 15) is 28.1 Å². The Bertz CT molecular complexity index is 884. The molecule has 2 aromatic rings. The predicted octanol–water partition coefficient (Wildman–Crippen LogP) is 4.90. The zero-order valence-electron chi connectivity index (χ0n) is 14.7. The smallest absolute Gasteiger partial charge is 0.346 e. The molecule has 0 unspecified atom stereocenters. The van der Waals surface area contributed by atoms with Gasteiger partial charge in [-0.25, -0.2) is 0 Å². The molecule has 1 fully saturated rings. The maximum Gasteiger partial charge on any atom is 0.416 e. The lowest BCUT2D eigenvalue weighted by molar-refractivity contribution is -0.388. The van der Waals surface area contributed by atoms with Crippen LogP contribution in [0.25, 0.3) is 0 Å². The molecule has 1 saturated carbocycles. The third-order valence-corrected chi connectivity index (χ3v) is 5.82. The van der Waals surface area contributed by atoms with Gasteiger partial charge in [0.1, 0.15) is 0 Å². The van der Waals surface area contributed by atoms with E-state index in [-0.39, 0.29) is 16.6 Å². The number of nitrogens with one attached hydrogen (secondary N) is 1. The Balaban J connectivity index is 1.70. The first kappa shape index (κ1) is 20.2. The SMILES string of the molecule is O=C(CSc1ccc(C(F)(F)F)cc1[N+](=O)[O-])NC1(c2ccccc2)CCC1. The Kier molecular flexibility index (Phi) is 5.64. The number of alkyl halides is 3. The standard InChI is InChI=1S/C19H17F3N2O3S/c20-19(21,22)14-7-8-16(15(11-14)24(26)27)28-12-17(25)23-18(9-4-10-18)13-5-2-1-3-6-13/h1-3,5-8,11H,4,9-10,12H2,(H,23,25). The summed E-state index contributed by atoms with van der Waals surface area (Å²) in [5.74, 6) is -0.441. The Labute approximate surface area is 163 Å². The van der Waals surface area contributed by atoms with Crippen molar-refractivity contribution >= 4 is 23.4 Å². The lowest BCUT2D eigenvalue weighted by Gasteiger charge is -2.43. The van der Waals surface area contributed by atoms with Gasteiger partial charge in [-0.1, -0.05) is 30.3 Å². The zero-order valence-corrected chi connectivity index (χ0v) is 15.5. The van der Waals surface area contributed by atoms with Crippen LogP contribution in [0.2, 0.25) is 0 Å². The van der Waals surface area contributed by atoms with Crippen molar-refractivity contribution in [1.82, 2.24) is 5.32 Å². The fourth-order valence-corrected chi connectivity index (χ4v) is 3.98. The van der Waals surface area contributed by atoms with E-state index in [1.807, 2.05) is 30.3 Å². The van der Waals surface area contributed by atoms with Crippen LogP contribution in [0.1, 0.15) is 30.4 Å². The largest absolute Gasteiger partial charge is 0.416 e. The van der Waals surface area contributed by atoms with Crippen molar-refractivity contribution in [3.05, 3.63) is 69.8 Å². The molecule has 1 N–H and O–H groups in total. The molecule has 0 aliphatic heterocycles.